The quantitative estimate of drug-likeness (QED) is 0.807. The maximum absolute atomic E-state index is 12.0. The van der Waals surface area contributed by atoms with Gasteiger partial charge in [0.1, 0.15) is 0 Å². The van der Waals surface area contributed by atoms with Crippen LogP contribution in [0.2, 0.25) is 0 Å². The molecule has 0 aromatic heterocycles. The van der Waals surface area contributed by atoms with E-state index in [-0.39, 0.29) is 23.7 Å². The van der Waals surface area contributed by atoms with Crippen molar-refractivity contribution in [3.8, 4) is 0 Å². The third-order valence-corrected chi connectivity index (χ3v) is 5.28. The molecule has 1 aliphatic heterocycles. The van der Waals surface area contributed by atoms with Crippen LogP contribution in [0.25, 0.3) is 0 Å². The third kappa shape index (κ3) is 5.90. The third-order valence-electron chi connectivity index (χ3n) is 4.39. The first kappa shape index (κ1) is 19.5. The van der Waals surface area contributed by atoms with E-state index in [4.69, 9.17) is 0 Å². The number of carbonyl (C=O) groups is 1. The van der Waals surface area contributed by atoms with Crippen LogP contribution in [0.5, 0.6) is 0 Å². The summed E-state index contributed by atoms with van der Waals surface area (Å²) < 4.78 is 1.12. The van der Waals surface area contributed by atoms with Crippen LogP contribution in [0, 0.1) is 12.3 Å². The minimum absolute atomic E-state index is 0. The number of amides is 1. The normalized spacial score (nSPS) is 16.7. The fourth-order valence-electron chi connectivity index (χ4n) is 2.73. The van der Waals surface area contributed by atoms with Crippen LogP contribution in [0.1, 0.15) is 37.3 Å². The lowest BCUT2D eigenvalue weighted by Crippen LogP contribution is -2.42. The van der Waals surface area contributed by atoms with E-state index in [1.54, 1.807) is 0 Å². The van der Waals surface area contributed by atoms with E-state index in [0.29, 0.717) is 6.42 Å². The SMILES string of the molecule is Cc1cc(CCC(=O)NCC2(C)CCNCC2)ccc1Br.Cl. The maximum Gasteiger partial charge on any atom is 0.220 e. The van der Waals surface area contributed by atoms with Gasteiger partial charge in [-0.1, -0.05) is 35.0 Å². The van der Waals surface area contributed by atoms with Crippen LogP contribution in [0.4, 0.5) is 0 Å². The number of benzene rings is 1. The van der Waals surface area contributed by atoms with Crippen molar-refractivity contribution in [2.45, 2.75) is 39.5 Å². The summed E-state index contributed by atoms with van der Waals surface area (Å²) in [5, 5.41) is 6.48. The Morgan fingerprint density at radius 3 is 2.68 bits per heavy atom. The van der Waals surface area contributed by atoms with E-state index < -0.39 is 0 Å². The number of aryl methyl sites for hydroxylation is 2. The Balaban J connectivity index is 0.00000242. The van der Waals surface area contributed by atoms with Gasteiger partial charge < -0.3 is 10.6 Å². The average Bonchev–Trinajstić information content (AvgIpc) is 2.47. The second-order valence-electron chi connectivity index (χ2n) is 6.42. The zero-order chi connectivity index (χ0) is 15.3. The molecule has 1 aromatic rings. The Hall–Kier alpha value is -0.580. The Bertz CT molecular complexity index is 501. The van der Waals surface area contributed by atoms with Crippen LogP contribution in [-0.2, 0) is 11.2 Å². The highest BCUT2D eigenvalue weighted by Crippen LogP contribution is 2.26. The second kappa shape index (κ2) is 8.90. The summed E-state index contributed by atoms with van der Waals surface area (Å²) in [6.45, 7) is 7.26. The van der Waals surface area contributed by atoms with Crippen LogP contribution < -0.4 is 10.6 Å². The van der Waals surface area contributed by atoms with E-state index >= 15 is 0 Å². The molecule has 22 heavy (non-hydrogen) atoms. The fourth-order valence-corrected chi connectivity index (χ4v) is 2.97. The average molecular weight is 390 g/mol. The molecule has 1 fully saturated rings. The van der Waals surface area contributed by atoms with Crippen LogP contribution in [0.15, 0.2) is 22.7 Å². The molecule has 2 N–H and O–H groups in total. The fraction of sp³-hybridized carbons (Fsp3) is 0.588. The summed E-state index contributed by atoms with van der Waals surface area (Å²) in [4.78, 5) is 12.0. The molecule has 1 amide bonds. The first-order chi connectivity index (χ1) is 9.98. The molecule has 124 valence electrons. The molecule has 1 aromatic carbocycles. The number of carbonyl (C=O) groups excluding carboxylic acids is 1. The number of halogens is 2. The van der Waals surface area contributed by atoms with Crippen LogP contribution in [-0.4, -0.2) is 25.5 Å². The van der Waals surface area contributed by atoms with Gasteiger partial charge in [-0.25, -0.2) is 0 Å². The van der Waals surface area contributed by atoms with Crippen molar-refractivity contribution in [3.63, 3.8) is 0 Å². The number of piperidine rings is 1. The summed E-state index contributed by atoms with van der Waals surface area (Å²) in [6, 6.07) is 6.28. The van der Waals surface area contributed by atoms with Crippen molar-refractivity contribution in [2.75, 3.05) is 19.6 Å². The Labute approximate surface area is 148 Å². The predicted octanol–water partition coefficient (Wildman–Crippen LogP) is 3.62. The lowest BCUT2D eigenvalue weighted by molar-refractivity contribution is -0.121. The molecule has 1 saturated heterocycles. The highest BCUT2D eigenvalue weighted by Gasteiger charge is 2.26. The molecule has 0 atom stereocenters. The zero-order valence-electron chi connectivity index (χ0n) is 13.4. The van der Waals surface area contributed by atoms with E-state index in [1.165, 1.54) is 11.1 Å². The van der Waals surface area contributed by atoms with Gasteiger partial charge in [-0.2, -0.15) is 0 Å². The number of rotatable bonds is 5. The summed E-state index contributed by atoms with van der Waals surface area (Å²) >= 11 is 3.50. The number of hydrogen-bond donors (Lipinski definition) is 2. The molecule has 0 bridgehead atoms. The van der Waals surface area contributed by atoms with Gasteiger partial charge in [-0.05, 0) is 61.9 Å². The van der Waals surface area contributed by atoms with Crippen molar-refractivity contribution < 1.29 is 4.79 Å². The molecule has 0 spiro atoms. The van der Waals surface area contributed by atoms with Gasteiger partial charge in [0, 0.05) is 17.4 Å². The zero-order valence-corrected chi connectivity index (χ0v) is 15.8. The summed E-state index contributed by atoms with van der Waals surface area (Å²) in [6.07, 6.45) is 3.64. The Morgan fingerprint density at radius 1 is 1.36 bits per heavy atom. The van der Waals surface area contributed by atoms with Crippen molar-refractivity contribution in [1.29, 1.82) is 0 Å². The minimum Gasteiger partial charge on any atom is -0.356 e. The molecule has 0 aliphatic carbocycles. The van der Waals surface area contributed by atoms with E-state index in [2.05, 4.69) is 58.6 Å². The molecule has 1 aliphatic rings. The lowest BCUT2D eigenvalue weighted by Gasteiger charge is -2.34. The van der Waals surface area contributed by atoms with Gasteiger partial charge in [0.05, 0.1) is 0 Å². The molecule has 0 unspecified atom stereocenters. The topological polar surface area (TPSA) is 41.1 Å². The Morgan fingerprint density at radius 2 is 2.05 bits per heavy atom. The standard InChI is InChI=1S/C17H25BrN2O.ClH/c1-13-11-14(3-5-15(13)18)4-6-16(21)20-12-17(2)7-9-19-10-8-17;/h3,5,11,19H,4,6-10,12H2,1-2H3,(H,20,21);1H. The highest BCUT2D eigenvalue weighted by atomic mass is 79.9. The maximum atomic E-state index is 12.0. The van der Waals surface area contributed by atoms with Gasteiger partial charge in [0.2, 0.25) is 5.91 Å². The van der Waals surface area contributed by atoms with Gasteiger partial charge in [0.25, 0.3) is 0 Å². The van der Waals surface area contributed by atoms with Crippen molar-refractivity contribution >= 4 is 34.2 Å². The number of nitrogens with one attached hydrogen (secondary N) is 2. The molecule has 5 heteroatoms. The Kier molecular flexibility index (Phi) is 7.87. The number of hydrogen-bond acceptors (Lipinski definition) is 2. The van der Waals surface area contributed by atoms with Crippen LogP contribution >= 0.6 is 28.3 Å². The molecule has 0 saturated carbocycles. The predicted molar refractivity (Wildman–Crippen MR) is 97.7 cm³/mol. The molecule has 0 radical (unpaired) electrons. The van der Waals surface area contributed by atoms with E-state index in [9.17, 15) is 4.79 Å². The van der Waals surface area contributed by atoms with Crippen LogP contribution in [0.3, 0.4) is 0 Å². The van der Waals surface area contributed by atoms with Gasteiger partial charge in [0.15, 0.2) is 0 Å². The van der Waals surface area contributed by atoms with Gasteiger partial charge >= 0.3 is 0 Å². The van der Waals surface area contributed by atoms with E-state index in [1.807, 2.05) is 0 Å². The van der Waals surface area contributed by atoms with Gasteiger partial charge in [-0.3, -0.25) is 4.79 Å². The van der Waals surface area contributed by atoms with Crippen molar-refractivity contribution in [2.24, 2.45) is 5.41 Å². The summed E-state index contributed by atoms with van der Waals surface area (Å²) in [5.41, 5.74) is 2.70. The van der Waals surface area contributed by atoms with Crippen molar-refractivity contribution in [3.05, 3.63) is 33.8 Å². The minimum atomic E-state index is 0. The summed E-state index contributed by atoms with van der Waals surface area (Å²) in [5.74, 6) is 0.162. The first-order valence-corrected chi connectivity index (χ1v) is 8.50. The molecule has 3 nitrogen and oxygen atoms in total. The molecule has 2 rings (SSSR count). The molecular formula is C17H26BrClN2O. The van der Waals surface area contributed by atoms with E-state index in [0.717, 1.165) is 43.4 Å². The molecule has 1 heterocycles. The smallest absolute Gasteiger partial charge is 0.220 e. The van der Waals surface area contributed by atoms with Gasteiger partial charge in [-0.15, -0.1) is 12.4 Å². The molecular weight excluding hydrogens is 364 g/mol. The largest absolute Gasteiger partial charge is 0.356 e. The second-order valence-corrected chi connectivity index (χ2v) is 7.28. The lowest BCUT2D eigenvalue weighted by atomic mass is 9.81. The first-order valence-electron chi connectivity index (χ1n) is 7.71. The summed E-state index contributed by atoms with van der Waals surface area (Å²) in [7, 11) is 0. The van der Waals surface area contributed by atoms with Crippen molar-refractivity contribution in [1.82, 2.24) is 10.6 Å². The highest BCUT2D eigenvalue weighted by molar-refractivity contribution is 9.10. The monoisotopic (exact) mass is 388 g/mol.